The Morgan fingerprint density at radius 2 is 2.18 bits per heavy atom. The number of allylic oxidation sites excluding steroid dienone is 2. The van der Waals surface area contributed by atoms with Crippen LogP contribution in [0, 0.1) is 0 Å². The molecule has 0 aromatic carbocycles. The Morgan fingerprint density at radius 1 is 1.55 bits per heavy atom. The second kappa shape index (κ2) is 7.04. The van der Waals surface area contributed by atoms with E-state index in [4.69, 9.17) is 0 Å². The number of hydrogen-bond acceptors (Lipinski definition) is 1. The van der Waals surface area contributed by atoms with Gasteiger partial charge in [-0.1, -0.05) is 27.6 Å². The first-order chi connectivity index (χ1) is 5.16. The first kappa shape index (κ1) is 11.4. The summed E-state index contributed by atoms with van der Waals surface area (Å²) in [6.45, 7) is 2.07. The first-order valence-electron chi connectivity index (χ1n) is 3.56. The predicted octanol–water partition coefficient (Wildman–Crippen LogP) is 3.42. The molecule has 0 radical (unpaired) electrons. The van der Waals surface area contributed by atoms with E-state index in [0.717, 1.165) is 18.2 Å². The molecule has 0 aliphatic rings. The van der Waals surface area contributed by atoms with Gasteiger partial charge in [-0.05, 0) is 35.7 Å². The Kier molecular flexibility index (Phi) is 7.28. The van der Waals surface area contributed by atoms with Crippen LogP contribution >= 0.6 is 31.9 Å². The summed E-state index contributed by atoms with van der Waals surface area (Å²) < 4.78 is 0.0994. The quantitative estimate of drug-likeness (QED) is 0.327. The van der Waals surface area contributed by atoms with E-state index >= 15 is 0 Å². The van der Waals surface area contributed by atoms with E-state index in [1.54, 1.807) is 0 Å². The third kappa shape index (κ3) is 8.27. The first-order valence-corrected chi connectivity index (χ1v) is 5.48. The third-order valence-electron chi connectivity index (χ3n) is 1.28. The summed E-state index contributed by atoms with van der Waals surface area (Å²) >= 11 is 6.24. The minimum Gasteiger partial charge on any atom is -0.287 e. The lowest BCUT2D eigenvalue weighted by atomic mass is 10.2. The van der Waals surface area contributed by atoms with Crippen molar-refractivity contribution in [1.82, 2.24) is 0 Å². The van der Waals surface area contributed by atoms with Gasteiger partial charge in [-0.2, -0.15) is 0 Å². The van der Waals surface area contributed by atoms with Crippen LogP contribution in [0.4, 0.5) is 0 Å². The maximum absolute atomic E-state index is 10.4. The van der Waals surface area contributed by atoms with E-state index in [2.05, 4.69) is 44.9 Å². The summed E-state index contributed by atoms with van der Waals surface area (Å²) in [6, 6.07) is 0. The van der Waals surface area contributed by atoms with Gasteiger partial charge in [0.1, 0.15) is 0 Å². The maximum Gasteiger partial charge on any atom is 0.197 e. The number of carbonyl (C=O) groups excluding carboxylic acids is 1. The molecule has 3 heteroatoms. The number of alkyl halides is 1. The van der Waals surface area contributed by atoms with Gasteiger partial charge < -0.3 is 0 Å². The van der Waals surface area contributed by atoms with E-state index in [9.17, 15) is 4.79 Å². The monoisotopic (exact) mass is 282 g/mol. The number of carbonyl (C=O) groups is 1. The molecule has 0 heterocycles. The molecule has 0 rings (SSSR count). The molecule has 0 atom stereocenters. The van der Waals surface area contributed by atoms with Gasteiger partial charge in [-0.3, -0.25) is 4.79 Å². The Labute approximate surface area is 84.5 Å². The van der Waals surface area contributed by atoms with Crippen LogP contribution in [0.15, 0.2) is 11.6 Å². The summed E-state index contributed by atoms with van der Waals surface area (Å²) in [6.07, 6.45) is 4.72. The van der Waals surface area contributed by atoms with E-state index < -0.39 is 0 Å². The highest BCUT2D eigenvalue weighted by Crippen LogP contribution is 2.05. The summed E-state index contributed by atoms with van der Waals surface area (Å²) in [4.78, 5) is 10.4. The van der Waals surface area contributed by atoms with Crippen molar-refractivity contribution in [3.05, 3.63) is 11.6 Å². The van der Waals surface area contributed by atoms with Crippen molar-refractivity contribution in [3.63, 3.8) is 0 Å². The minimum absolute atomic E-state index is 0.0994. The Hall–Kier alpha value is 0.370. The zero-order valence-electron chi connectivity index (χ0n) is 6.57. The van der Waals surface area contributed by atoms with Crippen molar-refractivity contribution in [3.8, 4) is 0 Å². The van der Waals surface area contributed by atoms with Gasteiger partial charge in [-0.25, -0.2) is 0 Å². The van der Waals surface area contributed by atoms with Crippen molar-refractivity contribution >= 4 is 36.6 Å². The van der Waals surface area contributed by atoms with Crippen LogP contribution in [0.25, 0.3) is 0 Å². The molecule has 0 unspecified atom stereocenters. The zero-order valence-corrected chi connectivity index (χ0v) is 9.74. The second-order valence-corrected chi connectivity index (χ2v) is 3.88. The third-order valence-corrected chi connectivity index (χ3v) is 2.56. The Morgan fingerprint density at radius 3 is 2.64 bits per heavy atom. The molecule has 1 nitrogen and oxygen atoms in total. The van der Waals surface area contributed by atoms with E-state index in [-0.39, 0.29) is 4.69 Å². The lowest BCUT2D eigenvalue weighted by Crippen LogP contribution is -1.84. The van der Waals surface area contributed by atoms with Gasteiger partial charge in [0.2, 0.25) is 0 Å². The molecule has 0 aromatic rings. The molecule has 11 heavy (non-hydrogen) atoms. The van der Waals surface area contributed by atoms with Crippen molar-refractivity contribution < 1.29 is 4.79 Å². The Balaban J connectivity index is 3.33. The van der Waals surface area contributed by atoms with E-state index in [1.165, 1.54) is 5.57 Å². The van der Waals surface area contributed by atoms with Crippen LogP contribution in [0.1, 0.15) is 26.2 Å². The normalized spacial score (nSPS) is 11.7. The summed E-state index contributed by atoms with van der Waals surface area (Å²) in [5.41, 5.74) is 1.33. The topological polar surface area (TPSA) is 17.1 Å². The molecule has 0 saturated heterocycles. The highest BCUT2D eigenvalue weighted by Gasteiger charge is 1.93. The van der Waals surface area contributed by atoms with Gasteiger partial charge in [0.15, 0.2) is 4.69 Å². The molecule has 0 fully saturated rings. The van der Waals surface area contributed by atoms with Crippen LogP contribution in [-0.4, -0.2) is 10.0 Å². The molecule has 0 amide bonds. The lowest BCUT2D eigenvalue weighted by Gasteiger charge is -1.93. The number of rotatable bonds is 5. The Bertz CT molecular complexity index is 152. The van der Waals surface area contributed by atoms with Crippen molar-refractivity contribution in [2.45, 2.75) is 26.2 Å². The number of unbranched alkanes of at least 4 members (excludes halogenated alkanes) is 1. The summed E-state index contributed by atoms with van der Waals surface area (Å²) in [7, 11) is 0. The molecule has 0 aliphatic carbocycles. The smallest absolute Gasteiger partial charge is 0.197 e. The van der Waals surface area contributed by atoms with Gasteiger partial charge in [-0.15, -0.1) is 0 Å². The van der Waals surface area contributed by atoms with E-state index in [1.807, 2.05) is 0 Å². The predicted molar refractivity (Wildman–Crippen MR) is 55.3 cm³/mol. The standard InChI is InChI=1S/C8H12Br2O/c1-7(6-9)4-2-3-5-8(10)11/h4H,2-3,5-6H2,1H3/b7-4+. The van der Waals surface area contributed by atoms with E-state index in [0.29, 0.717) is 6.42 Å². The average molecular weight is 284 g/mol. The maximum atomic E-state index is 10.4. The summed E-state index contributed by atoms with van der Waals surface area (Å²) in [5, 5.41) is 0.926. The highest BCUT2D eigenvalue weighted by atomic mass is 79.9. The van der Waals surface area contributed by atoms with Crippen LogP contribution in [0.2, 0.25) is 0 Å². The molecule has 0 aliphatic heterocycles. The second-order valence-electron chi connectivity index (χ2n) is 2.43. The number of hydrogen-bond donors (Lipinski definition) is 0. The van der Waals surface area contributed by atoms with Crippen molar-refractivity contribution in [1.29, 1.82) is 0 Å². The van der Waals surface area contributed by atoms with Gasteiger partial charge in [0, 0.05) is 11.8 Å². The van der Waals surface area contributed by atoms with Crippen molar-refractivity contribution in [2.75, 3.05) is 5.33 Å². The highest BCUT2D eigenvalue weighted by molar-refractivity contribution is 9.18. The molecule has 0 spiro atoms. The zero-order chi connectivity index (χ0) is 8.69. The van der Waals surface area contributed by atoms with Gasteiger partial charge >= 0.3 is 0 Å². The minimum atomic E-state index is 0.0994. The van der Waals surface area contributed by atoms with Crippen LogP contribution < -0.4 is 0 Å². The van der Waals surface area contributed by atoms with Crippen LogP contribution in [-0.2, 0) is 4.79 Å². The molecular formula is C8H12Br2O. The lowest BCUT2D eigenvalue weighted by molar-refractivity contribution is -0.110. The number of halogens is 2. The molecule has 0 saturated carbocycles. The van der Waals surface area contributed by atoms with Crippen LogP contribution in [0.5, 0.6) is 0 Å². The van der Waals surface area contributed by atoms with Crippen molar-refractivity contribution in [2.24, 2.45) is 0 Å². The van der Waals surface area contributed by atoms with Crippen LogP contribution in [0.3, 0.4) is 0 Å². The fourth-order valence-corrected chi connectivity index (χ4v) is 1.15. The SMILES string of the molecule is C/C(=C\CCCC(=O)Br)CBr. The fraction of sp³-hybridized carbons (Fsp3) is 0.625. The molecule has 0 N–H and O–H groups in total. The fourth-order valence-electron chi connectivity index (χ4n) is 0.644. The van der Waals surface area contributed by atoms with Gasteiger partial charge in [0.05, 0.1) is 0 Å². The molecule has 64 valence electrons. The molecular weight excluding hydrogens is 272 g/mol. The molecule has 0 aromatic heterocycles. The van der Waals surface area contributed by atoms with Gasteiger partial charge in [0.25, 0.3) is 0 Å². The largest absolute Gasteiger partial charge is 0.287 e. The summed E-state index contributed by atoms with van der Waals surface area (Å²) in [5.74, 6) is 0. The average Bonchev–Trinajstić information content (AvgIpc) is 1.97. The molecule has 0 bridgehead atoms.